The van der Waals surface area contributed by atoms with Crippen LogP contribution in [0, 0.1) is 0 Å². The summed E-state index contributed by atoms with van der Waals surface area (Å²) in [7, 11) is 1.68. The number of hydrogen-bond donors (Lipinski definition) is 3. The minimum atomic E-state index is -0.257. The zero-order chi connectivity index (χ0) is 20.4. The zero-order valence-corrected chi connectivity index (χ0v) is 19.8. The molecule has 0 atom stereocenters. The third kappa shape index (κ3) is 9.65. The Bertz CT molecular complexity index is 789. The number of nitrogens with zero attached hydrogens (tertiary/aromatic N) is 1. The van der Waals surface area contributed by atoms with Gasteiger partial charge in [-0.15, -0.1) is 24.0 Å². The van der Waals surface area contributed by atoms with Gasteiger partial charge >= 0.3 is 0 Å². The average Bonchev–Trinajstić information content (AvgIpc) is 2.66. The highest BCUT2D eigenvalue weighted by molar-refractivity contribution is 14.0. The summed E-state index contributed by atoms with van der Waals surface area (Å²) < 4.78 is 5.86. The maximum absolute atomic E-state index is 12.0. The van der Waals surface area contributed by atoms with Crippen LogP contribution in [0.25, 0.3) is 0 Å². The van der Waals surface area contributed by atoms with Crippen molar-refractivity contribution in [2.45, 2.75) is 39.5 Å². The summed E-state index contributed by atoms with van der Waals surface area (Å²) >= 11 is 0. The maximum Gasteiger partial charge on any atom is 0.239 e. The summed E-state index contributed by atoms with van der Waals surface area (Å²) in [5.74, 6) is 1.34. The second-order valence-corrected chi connectivity index (χ2v) is 7.45. The Balaban J connectivity index is 0.00000420. The van der Waals surface area contributed by atoms with E-state index < -0.39 is 0 Å². The number of guanidine groups is 1. The van der Waals surface area contributed by atoms with Crippen molar-refractivity contribution in [3.8, 4) is 5.75 Å². The minimum Gasteiger partial charge on any atom is -0.489 e. The van der Waals surface area contributed by atoms with E-state index in [1.165, 1.54) is 0 Å². The Morgan fingerprint density at radius 1 is 0.966 bits per heavy atom. The number of nitrogens with one attached hydrogen (secondary N) is 3. The molecule has 0 saturated heterocycles. The molecule has 0 aliphatic carbocycles. The van der Waals surface area contributed by atoms with Gasteiger partial charge in [0.25, 0.3) is 0 Å². The Morgan fingerprint density at radius 2 is 1.59 bits per heavy atom. The molecule has 0 unspecified atom stereocenters. The number of para-hydroxylation sites is 1. The van der Waals surface area contributed by atoms with Crippen LogP contribution in [0.5, 0.6) is 5.75 Å². The third-order valence-electron chi connectivity index (χ3n) is 3.86. The van der Waals surface area contributed by atoms with Crippen molar-refractivity contribution in [2.75, 3.05) is 13.6 Å². The summed E-state index contributed by atoms with van der Waals surface area (Å²) in [5.41, 5.74) is 1.95. The molecular formula is C22H31IN4O2. The van der Waals surface area contributed by atoms with Gasteiger partial charge in [-0.05, 0) is 44.0 Å². The zero-order valence-electron chi connectivity index (χ0n) is 17.5. The van der Waals surface area contributed by atoms with Gasteiger partial charge in [0.1, 0.15) is 12.4 Å². The van der Waals surface area contributed by atoms with Crippen LogP contribution in [0.1, 0.15) is 31.9 Å². The molecule has 1 amide bonds. The Hall–Kier alpha value is -2.29. The molecule has 0 saturated carbocycles. The van der Waals surface area contributed by atoms with Gasteiger partial charge in [-0.25, -0.2) is 0 Å². The summed E-state index contributed by atoms with van der Waals surface area (Å²) in [4.78, 5) is 16.1. The van der Waals surface area contributed by atoms with Crippen LogP contribution in [0.4, 0.5) is 0 Å². The van der Waals surface area contributed by atoms with Crippen LogP contribution in [0.15, 0.2) is 59.6 Å². The van der Waals surface area contributed by atoms with Crippen LogP contribution < -0.4 is 20.7 Å². The third-order valence-corrected chi connectivity index (χ3v) is 3.86. The molecule has 0 aliphatic heterocycles. The molecule has 158 valence electrons. The van der Waals surface area contributed by atoms with Gasteiger partial charge in [0, 0.05) is 19.1 Å². The van der Waals surface area contributed by atoms with Crippen LogP contribution in [-0.4, -0.2) is 31.0 Å². The number of hydrogen-bond acceptors (Lipinski definition) is 3. The first-order valence-electron chi connectivity index (χ1n) is 9.37. The number of rotatable bonds is 7. The molecule has 0 radical (unpaired) electrons. The van der Waals surface area contributed by atoms with Crippen LogP contribution in [0.2, 0.25) is 0 Å². The molecule has 0 bridgehead atoms. The predicted molar refractivity (Wildman–Crippen MR) is 129 cm³/mol. The molecule has 0 spiro atoms. The van der Waals surface area contributed by atoms with E-state index >= 15 is 0 Å². The lowest BCUT2D eigenvalue weighted by Crippen LogP contribution is -2.48. The van der Waals surface area contributed by atoms with Crippen LogP contribution in [-0.2, 0) is 17.9 Å². The second kappa shape index (κ2) is 12.3. The standard InChI is InChI=1S/C22H30N4O2.HI/c1-22(2,3)26-20(27)15-25-21(23-4)24-14-17-10-8-9-11-18(17)16-28-19-12-6-5-7-13-19;/h5-13H,14-16H2,1-4H3,(H,26,27)(H2,23,24,25);1H. The van der Waals surface area contributed by atoms with Gasteiger partial charge in [0.15, 0.2) is 5.96 Å². The van der Waals surface area contributed by atoms with Gasteiger partial charge in [0.2, 0.25) is 5.91 Å². The van der Waals surface area contributed by atoms with Crippen molar-refractivity contribution in [3.63, 3.8) is 0 Å². The van der Waals surface area contributed by atoms with E-state index in [2.05, 4.69) is 27.0 Å². The lowest BCUT2D eigenvalue weighted by molar-refractivity contribution is -0.121. The topological polar surface area (TPSA) is 74.8 Å². The molecule has 3 N–H and O–H groups in total. The number of ether oxygens (including phenoxy) is 1. The van der Waals surface area contributed by atoms with Crippen molar-refractivity contribution in [3.05, 3.63) is 65.7 Å². The monoisotopic (exact) mass is 510 g/mol. The molecule has 6 nitrogen and oxygen atoms in total. The lowest BCUT2D eigenvalue weighted by atomic mass is 10.1. The molecule has 0 aromatic heterocycles. The van der Waals surface area contributed by atoms with E-state index in [9.17, 15) is 4.79 Å². The number of carbonyl (C=O) groups excluding carboxylic acids is 1. The second-order valence-electron chi connectivity index (χ2n) is 7.45. The van der Waals surface area contributed by atoms with Gasteiger partial charge in [-0.1, -0.05) is 42.5 Å². The fourth-order valence-corrected chi connectivity index (χ4v) is 2.57. The first-order valence-corrected chi connectivity index (χ1v) is 9.37. The van der Waals surface area contributed by atoms with Crippen LogP contribution >= 0.6 is 24.0 Å². The molecule has 7 heteroatoms. The van der Waals surface area contributed by atoms with E-state index in [0.717, 1.165) is 16.9 Å². The van der Waals surface area contributed by atoms with E-state index in [4.69, 9.17) is 4.74 Å². The number of carbonyl (C=O) groups is 1. The van der Waals surface area contributed by atoms with Crippen molar-refractivity contribution in [1.82, 2.24) is 16.0 Å². The summed E-state index contributed by atoms with van der Waals surface area (Å²) in [6.07, 6.45) is 0. The average molecular weight is 510 g/mol. The first kappa shape index (κ1) is 24.7. The van der Waals surface area contributed by atoms with Gasteiger partial charge in [-0.3, -0.25) is 9.79 Å². The number of aliphatic imine (C=N–C) groups is 1. The predicted octanol–water partition coefficient (Wildman–Crippen LogP) is 3.46. The van der Waals surface area contributed by atoms with Crippen molar-refractivity contribution in [2.24, 2.45) is 4.99 Å². The van der Waals surface area contributed by atoms with Gasteiger partial charge in [0.05, 0.1) is 6.54 Å². The summed E-state index contributed by atoms with van der Waals surface area (Å²) in [6, 6.07) is 17.8. The molecule has 2 rings (SSSR count). The van der Waals surface area contributed by atoms with Gasteiger partial charge < -0.3 is 20.7 Å². The molecular weight excluding hydrogens is 479 g/mol. The van der Waals surface area contributed by atoms with Crippen molar-refractivity contribution in [1.29, 1.82) is 0 Å². The fraction of sp³-hybridized carbons (Fsp3) is 0.364. The molecule has 0 aliphatic rings. The Morgan fingerprint density at radius 3 is 2.21 bits per heavy atom. The lowest BCUT2D eigenvalue weighted by Gasteiger charge is -2.21. The quantitative estimate of drug-likeness (QED) is 0.303. The summed E-state index contributed by atoms with van der Waals surface area (Å²) in [6.45, 7) is 7.08. The van der Waals surface area contributed by atoms with E-state index in [1.54, 1.807) is 7.05 Å². The molecule has 2 aromatic rings. The van der Waals surface area contributed by atoms with E-state index in [0.29, 0.717) is 19.1 Å². The van der Waals surface area contributed by atoms with E-state index in [1.807, 2.05) is 69.3 Å². The van der Waals surface area contributed by atoms with Gasteiger partial charge in [-0.2, -0.15) is 0 Å². The number of amides is 1. The Kier molecular flexibility index (Phi) is 10.5. The Labute approximate surface area is 190 Å². The highest BCUT2D eigenvalue weighted by Crippen LogP contribution is 2.14. The summed E-state index contributed by atoms with van der Waals surface area (Å²) in [5, 5.41) is 9.19. The highest BCUT2D eigenvalue weighted by Gasteiger charge is 2.13. The smallest absolute Gasteiger partial charge is 0.239 e. The number of benzene rings is 2. The van der Waals surface area contributed by atoms with E-state index in [-0.39, 0.29) is 42.0 Å². The SMILES string of the molecule is CN=C(NCC(=O)NC(C)(C)C)NCc1ccccc1COc1ccccc1.I. The number of halogens is 1. The first-order chi connectivity index (χ1) is 13.4. The molecule has 29 heavy (non-hydrogen) atoms. The van der Waals surface area contributed by atoms with Crippen molar-refractivity contribution < 1.29 is 9.53 Å². The molecule has 2 aromatic carbocycles. The maximum atomic E-state index is 12.0. The fourth-order valence-electron chi connectivity index (χ4n) is 2.57. The highest BCUT2D eigenvalue weighted by atomic mass is 127. The minimum absolute atomic E-state index is 0. The molecule has 0 fully saturated rings. The molecule has 0 heterocycles. The largest absolute Gasteiger partial charge is 0.489 e. The van der Waals surface area contributed by atoms with Crippen LogP contribution in [0.3, 0.4) is 0 Å². The van der Waals surface area contributed by atoms with Crippen molar-refractivity contribution >= 4 is 35.8 Å². The normalized spacial score (nSPS) is 11.2.